The molecule has 1 aromatic rings. The van der Waals surface area contributed by atoms with Crippen molar-refractivity contribution >= 4 is 23.6 Å². The second-order valence-electron chi connectivity index (χ2n) is 4.97. The quantitative estimate of drug-likeness (QED) is 0.621. The third-order valence-electron chi connectivity index (χ3n) is 2.90. The molecule has 1 aromatic carbocycles. The fourth-order valence-corrected chi connectivity index (χ4v) is 1.56. The van der Waals surface area contributed by atoms with Crippen molar-refractivity contribution in [1.29, 1.82) is 0 Å². The van der Waals surface area contributed by atoms with Crippen molar-refractivity contribution in [2.24, 2.45) is 11.7 Å². The van der Waals surface area contributed by atoms with Gasteiger partial charge < -0.3 is 15.8 Å². The summed E-state index contributed by atoms with van der Waals surface area (Å²) >= 11 is 0. The molecule has 0 unspecified atom stereocenters. The van der Waals surface area contributed by atoms with Crippen molar-refractivity contribution in [3.63, 3.8) is 0 Å². The van der Waals surface area contributed by atoms with Gasteiger partial charge in [-0.25, -0.2) is 4.79 Å². The number of carbonyl (C=O) groups is 2. The molecular formula is C16H22N2O3. The van der Waals surface area contributed by atoms with Crippen molar-refractivity contribution < 1.29 is 14.3 Å². The maximum absolute atomic E-state index is 11.8. The molecule has 0 aliphatic heterocycles. The first kappa shape index (κ1) is 16.9. The predicted molar refractivity (Wildman–Crippen MR) is 83.6 cm³/mol. The Bertz CT molecular complexity index is 507. The SMILES string of the molecule is CCOC(=O)C=Cc1ccc(NC(=O)[C@@H](N)C(C)C)cc1. The Hall–Kier alpha value is -2.14. The number of hydrogen-bond acceptors (Lipinski definition) is 4. The van der Waals surface area contributed by atoms with E-state index in [-0.39, 0.29) is 17.8 Å². The minimum absolute atomic E-state index is 0.0804. The molecule has 1 rings (SSSR count). The summed E-state index contributed by atoms with van der Waals surface area (Å²) in [5.74, 6) is -0.505. The van der Waals surface area contributed by atoms with Crippen LogP contribution in [0.2, 0.25) is 0 Å². The topological polar surface area (TPSA) is 81.4 Å². The molecule has 0 aliphatic rings. The van der Waals surface area contributed by atoms with Crippen molar-refractivity contribution in [2.75, 3.05) is 11.9 Å². The van der Waals surface area contributed by atoms with E-state index in [1.165, 1.54) is 6.08 Å². The van der Waals surface area contributed by atoms with Gasteiger partial charge in [-0.05, 0) is 36.6 Å². The van der Waals surface area contributed by atoms with Crippen LogP contribution in [0.1, 0.15) is 26.3 Å². The number of rotatable bonds is 6. The summed E-state index contributed by atoms with van der Waals surface area (Å²) in [6.07, 6.45) is 3.02. The molecule has 0 radical (unpaired) electrons. The van der Waals surface area contributed by atoms with E-state index in [1.807, 2.05) is 13.8 Å². The zero-order valence-corrected chi connectivity index (χ0v) is 12.6. The third kappa shape index (κ3) is 5.79. The van der Waals surface area contributed by atoms with E-state index < -0.39 is 6.04 Å². The number of esters is 1. The number of ether oxygens (including phenoxy) is 1. The minimum atomic E-state index is -0.534. The maximum atomic E-state index is 11.8. The second kappa shape index (κ2) is 8.21. The average Bonchev–Trinajstić information content (AvgIpc) is 2.45. The van der Waals surface area contributed by atoms with E-state index >= 15 is 0 Å². The van der Waals surface area contributed by atoms with Crippen LogP contribution < -0.4 is 11.1 Å². The number of nitrogens with two attached hydrogens (primary N) is 1. The Balaban J connectivity index is 2.62. The highest BCUT2D eigenvalue weighted by Crippen LogP contribution is 2.12. The summed E-state index contributed by atoms with van der Waals surface area (Å²) in [5, 5.41) is 2.76. The minimum Gasteiger partial charge on any atom is -0.463 e. The molecule has 5 nitrogen and oxygen atoms in total. The summed E-state index contributed by atoms with van der Waals surface area (Å²) in [6, 6.07) is 6.58. The van der Waals surface area contributed by atoms with Gasteiger partial charge in [-0.2, -0.15) is 0 Å². The molecular weight excluding hydrogens is 268 g/mol. The average molecular weight is 290 g/mol. The van der Waals surface area contributed by atoms with Gasteiger partial charge in [0.2, 0.25) is 5.91 Å². The van der Waals surface area contributed by atoms with E-state index in [4.69, 9.17) is 10.5 Å². The van der Waals surface area contributed by atoms with Crippen molar-refractivity contribution in [1.82, 2.24) is 0 Å². The van der Waals surface area contributed by atoms with Crippen LogP contribution in [0.4, 0.5) is 5.69 Å². The highest BCUT2D eigenvalue weighted by Gasteiger charge is 2.16. The third-order valence-corrected chi connectivity index (χ3v) is 2.90. The Kier molecular flexibility index (Phi) is 6.62. The van der Waals surface area contributed by atoms with E-state index in [9.17, 15) is 9.59 Å². The number of benzene rings is 1. The standard InChI is InChI=1S/C16H22N2O3/c1-4-21-14(19)10-7-12-5-8-13(9-6-12)18-16(20)15(17)11(2)3/h5-11,15H,4,17H2,1-3H3,(H,18,20)/t15-/m0/s1. The van der Waals surface area contributed by atoms with E-state index in [0.29, 0.717) is 12.3 Å². The number of anilines is 1. The van der Waals surface area contributed by atoms with E-state index in [0.717, 1.165) is 5.56 Å². The zero-order valence-electron chi connectivity index (χ0n) is 12.6. The van der Waals surface area contributed by atoms with E-state index in [2.05, 4.69) is 5.32 Å². The van der Waals surface area contributed by atoms with Crippen LogP contribution in [-0.4, -0.2) is 24.5 Å². The fourth-order valence-electron chi connectivity index (χ4n) is 1.56. The summed E-state index contributed by atoms with van der Waals surface area (Å²) in [4.78, 5) is 23.0. The predicted octanol–water partition coefficient (Wildman–Crippen LogP) is 2.18. The maximum Gasteiger partial charge on any atom is 0.330 e. The van der Waals surface area contributed by atoms with Gasteiger partial charge in [-0.15, -0.1) is 0 Å². The first-order valence-electron chi connectivity index (χ1n) is 6.95. The molecule has 0 saturated carbocycles. The number of hydrogen-bond donors (Lipinski definition) is 2. The summed E-state index contributed by atoms with van der Waals surface area (Å²) in [6.45, 7) is 5.90. The molecule has 1 amide bonds. The van der Waals surface area contributed by atoms with Crippen molar-refractivity contribution in [3.8, 4) is 0 Å². The van der Waals surface area contributed by atoms with Gasteiger partial charge in [-0.1, -0.05) is 26.0 Å². The lowest BCUT2D eigenvalue weighted by molar-refractivity contribution is -0.137. The molecule has 21 heavy (non-hydrogen) atoms. The molecule has 0 aromatic heterocycles. The van der Waals surface area contributed by atoms with Crippen molar-refractivity contribution in [3.05, 3.63) is 35.9 Å². The molecule has 5 heteroatoms. The molecule has 0 saturated heterocycles. The monoisotopic (exact) mass is 290 g/mol. The zero-order chi connectivity index (χ0) is 15.8. The van der Waals surface area contributed by atoms with Gasteiger partial charge >= 0.3 is 5.97 Å². The Morgan fingerprint density at radius 3 is 2.43 bits per heavy atom. The molecule has 3 N–H and O–H groups in total. The van der Waals surface area contributed by atoms with Gasteiger partial charge in [0.15, 0.2) is 0 Å². The molecule has 0 aliphatic carbocycles. The van der Waals surface area contributed by atoms with Crippen LogP contribution >= 0.6 is 0 Å². The number of amides is 1. The second-order valence-corrected chi connectivity index (χ2v) is 4.97. The van der Waals surface area contributed by atoms with Crippen LogP contribution in [0.25, 0.3) is 6.08 Å². The molecule has 114 valence electrons. The smallest absolute Gasteiger partial charge is 0.330 e. The summed E-state index contributed by atoms with van der Waals surface area (Å²) in [7, 11) is 0. The first-order chi connectivity index (χ1) is 9.93. The molecule has 0 spiro atoms. The summed E-state index contributed by atoms with van der Waals surface area (Å²) in [5.41, 5.74) is 7.29. The van der Waals surface area contributed by atoms with Crippen LogP contribution in [0.3, 0.4) is 0 Å². The van der Waals surface area contributed by atoms with Crippen LogP contribution in [0, 0.1) is 5.92 Å². The van der Waals surface area contributed by atoms with Gasteiger partial charge in [-0.3, -0.25) is 4.79 Å². The van der Waals surface area contributed by atoms with Gasteiger partial charge in [0.25, 0.3) is 0 Å². The largest absolute Gasteiger partial charge is 0.463 e. The van der Waals surface area contributed by atoms with Gasteiger partial charge in [0.05, 0.1) is 12.6 Å². The highest BCUT2D eigenvalue weighted by atomic mass is 16.5. The highest BCUT2D eigenvalue weighted by molar-refractivity contribution is 5.95. The van der Waals surface area contributed by atoms with Crippen LogP contribution in [0.5, 0.6) is 0 Å². The number of nitrogens with one attached hydrogen (secondary N) is 1. The lowest BCUT2D eigenvalue weighted by Gasteiger charge is -2.15. The van der Waals surface area contributed by atoms with Crippen LogP contribution in [0.15, 0.2) is 30.3 Å². The first-order valence-corrected chi connectivity index (χ1v) is 6.95. The lowest BCUT2D eigenvalue weighted by atomic mass is 10.0. The normalized spacial score (nSPS) is 12.4. The number of carbonyl (C=O) groups excluding carboxylic acids is 2. The fraction of sp³-hybridized carbons (Fsp3) is 0.375. The van der Waals surface area contributed by atoms with Gasteiger partial charge in [0, 0.05) is 11.8 Å². The van der Waals surface area contributed by atoms with E-state index in [1.54, 1.807) is 37.3 Å². The van der Waals surface area contributed by atoms with Crippen molar-refractivity contribution in [2.45, 2.75) is 26.8 Å². The van der Waals surface area contributed by atoms with Gasteiger partial charge in [0.1, 0.15) is 0 Å². The Morgan fingerprint density at radius 1 is 1.29 bits per heavy atom. The lowest BCUT2D eigenvalue weighted by Crippen LogP contribution is -2.39. The molecule has 1 atom stereocenters. The molecule has 0 bridgehead atoms. The molecule has 0 fully saturated rings. The van der Waals surface area contributed by atoms with Crippen LogP contribution in [-0.2, 0) is 14.3 Å². The molecule has 0 heterocycles. The Morgan fingerprint density at radius 2 is 1.90 bits per heavy atom. The Labute approximate surface area is 125 Å². The summed E-state index contributed by atoms with van der Waals surface area (Å²) < 4.78 is 4.79.